The highest BCUT2D eigenvalue weighted by atomic mass is 127. The summed E-state index contributed by atoms with van der Waals surface area (Å²) < 4.78 is 8.61. The number of rotatable bonds is 5. The molecule has 2 N–H and O–H groups in total. The first-order valence-corrected chi connectivity index (χ1v) is 14.8. The Balaban J connectivity index is 1.39. The number of likely N-dealkylation sites (tertiary alicyclic amines) is 1. The Bertz CT molecular complexity index is 1620. The largest absolute Gasteiger partial charge is 0.424 e. The maximum absolute atomic E-state index is 13.2. The first-order chi connectivity index (χ1) is 18.8. The third-order valence-electron chi connectivity index (χ3n) is 8.39. The molecule has 9 nitrogen and oxygen atoms in total. The van der Waals surface area contributed by atoms with Gasteiger partial charge in [-0.3, -0.25) is 4.90 Å². The van der Waals surface area contributed by atoms with Crippen LogP contribution >= 0.6 is 22.6 Å². The zero-order valence-corrected chi connectivity index (χ0v) is 24.8. The summed E-state index contributed by atoms with van der Waals surface area (Å²) in [6.45, 7) is 10.8. The van der Waals surface area contributed by atoms with Crippen LogP contribution in [0.25, 0.3) is 27.4 Å². The van der Waals surface area contributed by atoms with Crippen molar-refractivity contribution in [3.63, 3.8) is 0 Å². The van der Waals surface area contributed by atoms with Gasteiger partial charge in [-0.1, -0.05) is 24.3 Å². The average Bonchev–Trinajstić information content (AvgIpc) is 3.30. The van der Waals surface area contributed by atoms with Gasteiger partial charge in [0, 0.05) is 30.7 Å². The molecule has 4 aromatic rings. The number of fused-ring (bicyclic) bond motifs is 2. The lowest BCUT2D eigenvalue weighted by molar-refractivity contribution is 0.0988. The van der Waals surface area contributed by atoms with E-state index >= 15 is 0 Å². The summed E-state index contributed by atoms with van der Waals surface area (Å²) in [5.41, 5.74) is 8.64. The van der Waals surface area contributed by atoms with Gasteiger partial charge >= 0.3 is 5.63 Å². The Kier molecular flexibility index (Phi) is 7.19. The molecule has 2 aliphatic heterocycles. The highest BCUT2D eigenvalue weighted by Gasteiger charge is 2.30. The zero-order valence-electron chi connectivity index (χ0n) is 22.6. The highest BCUT2D eigenvalue weighted by molar-refractivity contribution is 14.1. The fourth-order valence-corrected chi connectivity index (χ4v) is 6.94. The number of aromatic nitrogens is 4. The summed E-state index contributed by atoms with van der Waals surface area (Å²) in [6.07, 6.45) is 7.10. The van der Waals surface area contributed by atoms with Gasteiger partial charge in [-0.05, 0) is 92.7 Å². The Morgan fingerprint density at radius 2 is 1.82 bits per heavy atom. The molecule has 0 bridgehead atoms. The summed E-state index contributed by atoms with van der Waals surface area (Å²) in [6, 6.07) is 8.59. The molecule has 6 rings (SSSR count). The van der Waals surface area contributed by atoms with Crippen LogP contribution in [0.15, 0.2) is 45.9 Å². The normalized spacial score (nSPS) is 18.7. The highest BCUT2D eigenvalue weighted by Crippen LogP contribution is 2.37. The van der Waals surface area contributed by atoms with Gasteiger partial charge in [-0.15, -0.1) is 0 Å². The summed E-state index contributed by atoms with van der Waals surface area (Å²) in [5, 5.41) is 6.97. The quantitative estimate of drug-likeness (QED) is 0.314. The number of benzene rings is 1. The standard InChI is InChI=1S/C29H34IN7O2/c1-17(2)35-14-10-20(11-15-35)36-12-8-19(9-13-36)23-21-6-4-5-7-22(21)29(38)39-25(23)18(3)37-28-24(26(30)34-37)27(31)32-16-33-28/h4-8,16-18,20H,9-15H2,1-3H3,(H2,31,32,33). The number of nitrogens with two attached hydrogens (primary N) is 1. The fraction of sp³-hybridized carbons (Fsp3) is 0.448. The van der Waals surface area contributed by atoms with Crippen molar-refractivity contribution >= 4 is 55.8 Å². The number of piperidine rings is 1. The minimum Gasteiger partial charge on any atom is -0.424 e. The Morgan fingerprint density at radius 1 is 1.08 bits per heavy atom. The van der Waals surface area contributed by atoms with Crippen LogP contribution in [0.3, 0.4) is 0 Å². The van der Waals surface area contributed by atoms with Crippen molar-refractivity contribution in [1.82, 2.24) is 29.5 Å². The first kappa shape index (κ1) is 26.4. The number of anilines is 1. The van der Waals surface area contributed by atoms with Gasteiger partial charge in [0.1, 0.15) is 27.6 Å². The SMILES string of the molecule is CC(C)N1CCC(N2CC=C(c3c(C(C)n4nc(I)c5c(N)ncnc54)oc(=O)c4ccccc34)CC2)CC1. The second-order valence-corrected chi connectivity index (χ2v) is 11.9. The number of nitrogen functional groups attached to an aromatic ring is 1. The lowest BCUT2D eigenvalue weighted by Crippen LogP contribution is -2.47. The van der Waals surface area contributed by atoms with Gasteiger partial charge in [0.25, 0.3) is 0 Å². The monoisotopic (exact) mass is 639 g/mol. The van der Waals surface area contributed by atoms with Crippen molar-refractivity contribution in [2.45, 2.75) is 58.2 Å². The van der Waals surface area contributed by atoms with Crippen molar-refractivity contribution < 1.29 is 4.42 Å². The molecular formula is C29H34IN7O2. The molecule has 0 aliphatic carbocycles. The van der Waals surface area contributed by atoms with E-state index in [2.05, 4.69) is 62.3 Å². The van der Waals surface area contributed by atoms with E-state index in [0.717, 1.165) is 43.5 Å². The van der Waals surface area contributed by atoms with Crippen LogP contribution in [0.2, 0.25) is 0 Å². The van der Waals surface area contributed by atoms with E-state index in [-0.39, 0.29) is 11.7 Å². The molecule has 1 unspecified atom stereocenters. The smallest absolute Gasteiger partial charge is 0.343 e. The summed E-state index contributed by atoms with van der Waals surface area (Å²) in [4.78, 5) is 27.0. The summed E-state index contributed by atoms with van der Waals surface area (Å²) >= 11 is 2.15. The lowest BCUT2D eigenvalue weighted by atomic mass is 9.91. The van der Waals surface area contributed by atoms with Crippen LogP contribution in [0.5, 0.6) is 0 Å². The first-order valence-electron chi connectivity index (χ1n) is 13.7. The Morgan fingerprint density at radius 3 is 2.51 bits per heavy atom. The predicted octanol–water partition coefficient (Wildman–Crippen LogP) is 4.69. The van der Waals surface area contributed by atoms with E-state index in [4.69, 9.17) is 15.2 Å². The van der Waals surface area contributed by atoms with Gasteiger partial charge in [-0.2, -0.15) is 5.10 Å². The molecule has 1 saturated heterocycles. The van der Waals surface area contributed by atoms with E-state index in [0.29, 0.717) is 43.8 Å². The number of hydrogen-bond acceptors (Lipinski definition) is 8. The summed E-state index contributed by atoms with van der Waals surface area (Å²) in [5.74, 6) is 0.985. The van der Waals surface area contributed by atoms with Gasteiger partial charge in [0.05, 0.1) is 10.8 Å². The fourth-order valence-electron chi connectivity index (χ4n) is 6.19. The third kappa shape index (κ3) is 4.76. The van der Waals surface area contributed by atoms with E-state index in [1.807, 2.05) is 31.2 Å². The van der Waals surface area contributed by atoms with Gasteiger partial charge in [0.2, 0.25) is 0 Å². The van der Waals surface area contributed by atoms with Crippen LogP contribution in [-0.2, 0) is 0 Å². The number of nitrogens with zero attached hydrogens (tertiary/aromatic N) is 6. The van der Waals surface area contributed by atoms with Crippen LogP contribution in [-0.4, -0.2) is 67.8 Å². The molecule has 204 valence electrons. The molecule has 1 atom stereocenters. The van der Waals surface area contributed by atoms with Crippen molar-refractivity contribution in [1.29, 1.82) is 0 Å². The van der Waals surface area contributed by atoms with E-state index < -0.39 is 0 Å². The molecule has 0 spiro atoms. The minimum atomic E-state index is -0.378. The maximum Gasteiger partial charge on any atom is 0.343 e. The Hall–Kier alpha value is -2.83. The van der Waals surface area contributed by atoms with Crippen molar-refractivity contribution in [3.05, 3.63) is 62.1 Å². The van der Waals surface area contributed by atoms with Crippen molar-refractivity contribution in [3.8, 4) is 0 Å². The second kappa shape index (κ2) is 10.6. The number of hydrogen-bond donors (Lipinski definition) is 1. The van der Waals surface area contributed by atoms with E-state index in [1.54, 1.807) is 4.68 Å². The topological polar surface area (TPSA) is 106 Å². The molecule has 10 heteroatoms. The van der Waals surface area contributed by atoms with E-state index in [1.165, 1.54) is 24.7 Å². The number of halogens is 1. The molecule has 0 amide bonds. The van der Waals surface area contributed by atoms with Crippen molar-refractivity contribution in [2.24, 2.45) is 0 Å². The predicted molar refractivity (Wildman–Crippen MR) is 163 cm³/mol. The third-order valence-corrected chi connectivity index (χ3v) is 9.15. The van der Waals surface area contributed by atoms with Gasteiger partial charge in [0.15, 0.2) is 5.65 Å². The minimum absolute atomic E-state index is 0.341. The van der Waals surface area contributed by atoms with Crippen LogP contribution in [0.1, 0.15) is 57.4 Å². The zero-order chi connectivity index (χ0) is 27.3. The molecule has 2 aliphatic rings. The molecule has 3 aromatic heterocycles. The van der Waals surface area contributed by atoms with E-state index in [9.17, 15) is 4.79 Å². The molecule has 39 heavy (non-hydrogen) atoms. The maximum atomic E-state index is 13.2. The van der Waals surface area contributed by atoms with Crippen LogP contribution in [0, 0.1) is 3.70 Å². The second-order valence-electron chi connectivity index (χ2n) is 10.9. The van der Waals surface area contributed by atoms with Crippen LogP contribution in [0.4, 0.5) is 5.82 Å². The van der Waals surface area contributed by atoms with Gasteiger partial charge < -0.3 is 15.1 Å². The molecule has 5 heterocycles. The van der Waals surface area contributed by atoms with Crippen LogP contribution < -0.4 is 11.4 Å². The lowest BCUT2D eigenvalue weighted by Gasteiger charge is -2.41. The molecular weight excluding hydrogens is 605 g/mol. The molecule has 0 saturated carbocycles. The molecule has 1 aromatic carbocycles. The average molecular weight is 640 g/mol. The molecule has 1 fully saturated rings. The van der Waals surface area contributed by atoms with Crippen molar-refractivity contribution in [2.75, 3.05) is 31.9 Å². The van der Waals surface area contributed by atoms with Gasteiger partial charge in [-0.25, -0.2) is 19.4 Å². The summed E-state index contributed by atoms with van der Waals surface area (Å²) in [7, 11) is 0. The Labute approximate surface area is 241 Å². The molecule has 0 radical (unpaired) electrons.